The molecule has 0 aromatic heterocycles. The van der Waals surface area contributed by atoms with E-state index in [0.717, 1.165) is 17.7 Å². The Morgan fingerprint density at radius 3 is 2.34 bits per heavy atom. The lowest BCUT2D eigenvalue weighted by molar-refractivity contribution is -0.385. The molecule has 0 bridgehead atoms. The van der Waals surface area contributed by atoms with E-state index in [1.807, 2.05) is 0 Å². The van der Waals surface area contributed by atoms with Crippen molar-refractivity contribution in [1.29, 1.82) is 0 Å². The molecule has 0 fully saturated rings. The Hall–Kier alpha value is -3.33. The van der Waals surface area contributed by atoms with Crippen molar-refractivity contribution < 1.29 is 28.7 Å². The smallest absolute Gasteiger partial charge is 0.346 e. The first kappa shape index (κ1) is 22.0. The second kappa shape index (κ2) is 9.24. The summed E-state index contributed by atoms with van der Waals surface area (Å²) >= 11 is 5.92. The highest BCUT2D eigenvalue weighted by atomic mass is 35.5. The Morgan fingerprint density at radius 1 is 1.14 bits per heavy atom. The number of nitrogens with zero attached hydrogens (tertiary/aromatic N) is 1. The van der Waals surface area contributed by atoms with E-state index in [0.29, 0.717) is 10.7 Å². The third-order valence-electron chi connectivity index (χ3n) is 4.03. The number of ether oxygens (including phenoxy) is 3. The maximum atomic E-state index is 12.5. The Morgan fingerprint density at radius 2 is 1.76 bits per heavy atom. The number of methoxy groups -OCH3 is 2. The minimum Gasteiger partial charge on any atom is -0.493 e. The molecule has 1 amide bonds. The van der Waals surface area contributed by atoms with Crippen molar-refractivity contribution in [1.82, 2.24) is 0 Å². The number of carbonyl (C=O) groups excluding carboxylic acids is 2. The van der Waals surface area contributed by atoms with Crippen LogP contribution in [0.3, 0.4) is 0 Å². The van der Waals surface area contributed by atoms with Gasteiger partial charge in [0, 0.05) is 16.8 Å². The largest absolute Gasteiger partial charge is 0.493 e. The second-order valence-electron chi connectivity index (χ2n) is 5.98. The predicted octanol–water partition coefficient (Wildman–Crippen LogP) is 3.76. The number of carbonyl (C=O) groups is 2. The lowest BCUT2D eigenvalue weighted by Crippen LogP contribution is -2.30. The van der Waals surface area contributed by atoms with Crippen molar-refractivity contribution in [2.45, 2.75) is 20.0 Å². The van der Waals surface area contributed by atoms with Crippen LogP contribution >= 0.6 is 11.6 Å². The fourth-order valence-corrected chi connectivity index (χ4v) is 2.60. The number of halogens is 1. The van der Waals surface area contributed by atoms with E-state index in [9.17, 15) is 19.7 Å². The SMILES string of the molecule is COc1cc(C(=O)OC(C)C(=O)Nc2cc(Cl)ccc2C)c([N+](=O)[O-])cc1OC. The third kappa shape index (κ3) is 5.14. The Bertz CT molecular complexity index is 962. The van der Waals surface area contributed by atoms with E-state index in [1.165, 1.54) is 21.1 Å². The zero-order valence-corrected chi connectivity index (χ0v) is 16.9. The summed E-state index contributed by atoms with van der Waals surface area (Å²) < 4.78 is 15.2. The van der Waals surface area contributed by atoms with Crippen molar-refractivity contribution in [3.05, 3.63) is 56.6 Å². The normalized spacial score (nSPS) is 11.3. The molecule has 0 aliphatic carbocycles. The van der Waals surface area contributed by atoms with Crippen LogP contribution in [-0.2, 0) is 9.53 Å². The molecule has 1 atom stereocenters. The summed E-state index contributed by atoms with van der Waals surface area (Å²) in [5.41, 5.74) is 0.316. The fraction of sp³-hybridized carbons (Fsp3) is 0.263. The number of amides is 1. The van der Waals surface area contributed by atoms with Gasteiger partial charge in [-0.05, 0) is 31.5 Å². The molecule has 1 unspecified atom stereocenters. The van der Waals surface area contributed by atoms with Crippen molar-refractivity contribution >= 4 is 34.9 Å². The zero-order chi connectivity index (χ0) is 21.7. The molecule has 2 aromatic carbocycles. The number of anilines is 1. The molecule has 0 spiro atoms. The van der Waals surface area contributed by atoms with Gasteiger partial charge in [0.05, 0.1) is 25.2 Å². The Labute approximate surface area is 171 Å². The number of nitro benzene ring substituents is 1. The van der Waals surface area contributed by atoms with E-state index in [-0.39, 0.29) is 17.1 Å². The van der Waals surface area contributed by atoms with Gasteiger partial charge in [-0.3, -0.25) is 14.9 Å². The minimum atomic E-state index is -1.23. The topological polar surface area (TPSA) is 117 Å². The van der Waals surface area contributed by atoms with Crippen LogP contribution in [0.1, 0.15) is 22.8 Å². The summed E-state index contributed by atoms with van der Waals surface area (Å²) in [6, 6.07) is 7.14. The first-order valence-corrected chi connectivity index (χ1v) is 8.74. The van der Waals surface area contributed by atoms with Crippen molar-refractivity contribution in [2.24, 2.45) is 0 Å². The Kier molecular flexibility index (Phi) is 7.00. The van der Waals surface area contributed by atoms with Gasteiger partial charge < -0.3 is 19.5 Å². The lowest BCUT2D eigenvalue weighted by Gasteiger charge is -2.15. The molecular weight excluding hydrogens is 404 g/mol. The highest BCUT2D eigenvalue weighted by Gasteiger charge is 2.28. The van der Waals surface area contributed by atoms with Crippen molar-refractivity contribution in [3.8, 4) is 11.5 Å². The lowest BCUT2D eigenvalue weighted by atomic mass is 10.1. The zero-order valence-electron chi connectivity index (χ0n) is 16.1. The average molecular weight is 423 g/mol. The van der Waals surface area contributed by atoms with Crippen LogP contribution in [0.4, 0.5) is 11.4 Å². The van der Waals surface area contributed by atoms with Gasteiger partial charge in [0.2, 0.25) is 0 Å². The van der Waals surface area contributed by atoms with Gasteiger partial charge >= 0.3 is 5.97 Å². The molecule has 0 aliphatic heterocycles. The van der Waals surface area contributed by atoms with Gasteiger partial charge in [-0.15, -0.1) is 0 Å². The summed E-state index contributed by atoms with van der Waals surface area (Å²) in [7, 11) is 2.63. The van der Waals surface area contributed by atoms with Crippen LogP contribution in [-0.4, -0.2) is 37.1 Å². The summed E-state index contributed by atoms with van der Waals surface area (Å²) in [6.45, 7) is 3.12. The molecule has 10 heteroatoms. The molecule has 1 N–H and O–H groups in total. The molecule has 2 aromatic rings. The highest BCUT2D eigenvalue weighted by molar-refractivity contribution is 6.31. The predicted molar refractivity (Wildman–Crippen MR) is 106 cm³/mol. The molecule has 29 heavy (non-hydrogen) atoms. The molecule has 9 nitrogen and oxygen atoms in total. The molecule has 154 valence electrons. The van der Waals surface area contributed by atoms with E-state index in [4.69, 9.17) is 25.8 Å². The average Bonchev–Trinajstić information content (AvgIpc) is 2.69. The minimum absolute atomic E-state index is 0.0815. The number of nitrogens with one attached hydrogen (secondary N) is 1. The monoisotopic (exact) mass is 422 g/mol. The fourth-order valence-electron chi connectivity index (χ4n) is 2.42. The number of hydrogen-bond acceptors (Lipinski definition) is 7. The molecular formula is C19H19ClN2O7. The summed E-state index contributed by atoms with van der Waals surface area (Å²) in [6.07, 6.45) is -1.23. The molecule has 0 aliphatic rings. The first-order chi connectivity index (χ1) is 13.7. The van der Waals surface area contributed by atoms with Gasteiger partial charge in [0.1, 0.15) is 5.56 Å². The molecule has 2 rings (SSSR count). The van der Waals surface area contributed by atoms with E-state index >= 15 is 0 Å². The van der Waals surface area contributed by atoms with Crippen molar-refractivity contribution in [2.75, 3.05) is 19.5 Å². The number of benzene rings is 2. The first-order valence-electron chi connectivity index (χ1n) is 8.36. The van der Waals surface area contributed by atoms with Gasteiger partial charge in [-0.1, -0.05) is 17.7 Å². The van der Waals surface area contributed by atoms with Gasteiger partial charge in [0.25, 0.3) is 11.6 Å². The van der Waals surface area contributed by atoms with Crippen LogP contribution in [0.15, 0.2) is 30.3 Å². The standard InChI is InChI=1S/C19H19ClN2O7/c1-10-5-6-12(20)7-14(10)21-18(23)11(2)29-19(24)13-8-16(27-3)17(28-4)9-15(13)22(25)26/h5-9,11H,1-4H3,(H,21,23). The van der Waals surface area contributed by atoms with Crippen LogP contribution < -0.4 is 14.8 Å². The maximum Gasteiger partial charge on any atom is 0.346 e. The van der Waals surface area contributed by atoms with Crippen LogP contribution in [0, 0.1) is 17.0 Å². The number of hydrogen-bond donors (Lipinski definition) is 1. The quantitative estimate of drug-likeness (QED) is 0.410. The highest BCUT2D eigenvalue weighted by Crippen LogP contribution is 2.35. The van der Waals surface area contributed by atoms with Crippen LogP contribution in [0.5, 0.6) is 11.5 Å². The second-order valence-corrected chi connectivity index (χ2v) is 6.41. The van der Waals surface area contributed by atoms with Crippen LogP contribution in [0.2, 0.25) is 5.02 Å². The number of esters is 1. The number of rotatable bonds is 7. The molecule has 0 saturated heterocycles. The van der Waals surface area contributed by atoms with Gasteiger partial charge in [-0.2, -0.15) is 0 Å². The third-order valence-corrected chi connectivity index (χ3v) is 4.26. The van der Waals surface area contributed by atoms with Crippen LogP contribution in [0.25, 0.3) is 0 Å². The molecule has 0 radical (unpaired) electrons. The summed E-state index contributed by atoms with van der Waals surface area (Å²) in [5.74, 6) is -1.48. The Balaban J connectivity index is 2.23. The van der Waals surface area contributed by atoms with E-state index in [2.05, 4.69) is 5.32 Å². The van der Waals surface area contributed by atoms with E-state index in [1.54, 1.807) is 25.1 Å². The van der Waals surface area contributed by atoms with Crippen molar-refractivity contribution in [3.63, 3.8) is 0 Å². The van der Waals surface area contributed by atoms with E-state index < -0.39 is 28.6 Å². The summed E-state index contributed by atoms with van der Waals surface area (Å²) in [5, 5.41) is 14.4. The number of aryl methyl sites for hydroxylation is 1. The van der Waals surface area contributed by atoms with Gasteiger partial charge in [0.15, 0.2) is 17.6 Å². The molecule has 0 heterocycles. The maximum absolute atomic E-state index is 12.5. The van der Waals surface area contributed by atoms with Gasteiger partial charge in [-0.25, -0.2) is 4.79 Å². The summed E-state index contributed by atoms with van der Waals surface area (Å²) in [4.78, 5) is 35.5. The number of nitro groups is 1. The molecule has 0 saturated carbocycles.